The highest BCUT2D eigenvalue weighted by Crippen LogP contribution is 2.27. The molecule has 0 amide bonds. The number of hydrogen-bond acceptors (Lipinski definition) is 4. The second-order valence-electron chi connectivity index (χ2n) is 6.24. The molecule has 0 aromatic heterocycles. The predicted molar refractivity (Wildman–Crippen MR) is 85.2 cm³/mol. The van der Waals surface area contributed by atoms with Gasteiger partial charge in [0.25, 0.3) is 0 Å². The van der Waals surface area contributed by atoms with Crippen LogP contribution in [0.15, 0.2) is 24.3 Å². The lowest BCUT2D eigenvalue weighted by atomic mass is 9.87. The van der Waals surface area contributed by atoms with E-state index in [4.69, 9.17) is 9.47 Å². The molecule has 0 spiro atoms. The van der Waals surface area contributed by atoms with E-state index in [0.29, 0.717) is 13.0 Å². The minimum absolute atomic E-state index is 0. The quantitative estimate of drug-likeness (QED) is 0.872. The fourth-order valence-electron chi connectivity index (χ4n) is 2.34. The van der Waals surface area contributed by atoms with Crippen LogP contribution in [0.5, 0.6) is 5.75 Å². The number of rotatable bonds is 3. The Bertz CT molecular complexity index is 485. The minimum atomic E-state index is -0.254. The van der Waals surface area contributed by atoms with Crippen LogP contribution in [-0.4, -0.2) is 31.8 Å². The number of carbonyl (C=O) groups is 1. The molecule has 1 fully saturated rings. The van der Waals surface area contributed by atoms with Crippen LogP contribution < -0.4 is 10.1 Å². The third kappa shape index (κ3) is 4.61. The van der Waals surface area contributed by atoms with Crippen molar-refractivity contribution in [1.82, 2.24) is 5.32 Å². The lowest BCUT2D eigenvalue weighted by Gasteiger charge is -2.21. The normalized spacial score (nSPS) is 21.5. The van der Waals surface area contributed by atoms with E-state index in [2.05, 4.69) is 38.2 Å². The van der Waals surface area contributed by atoms with Crippen molar-refractivity contribution in [3.63, 3.8) is 0 Å². The monoisotopic (exact) mass is 313 g/mol. The van der Waals surface area contributed by atoms with Gasteiger partial charge in [-0.2, -0.15) is 0 Å². The Kier molecular flexibility index (Phi) is 6.05. The van der Waals surface area contributed by atoms with E-state index in [0.717, 1.165) is 5.75 Å². The second kappa shape index (κ2) is 7.14. The molecule has 1 saturated heterocycles. The summed E-state index contributed by atoms with van der Waals surface area (Å²) in [5.74, 6) is 0.634. The highest BCUT2D eigenvalue weighted by atomic mass is 35.5. The Balaban J connectivity index is 0.00000220. The summed E-state index contributed by atoms with van der Waals surface area (Å²) in [6.07, 6.45) is 0.654. The van der Waals surface area contributed by atoms with E-state index >= 15 is 0 Å². The number of hydrogen-bond donors (Lipinski definition) is 1. The lowest BCUT2D eigenvalue weighted by molar-refractivity contribution is -0.142. The van der Waals surface area contributed by atoms with Gasteiger partial charge >= 0.3 is 5.97 Å². The van der Waals surface area contributed by atoms with Crippen molar-refractivity contribution in [3.8, 4) is 5.75 Å². The maximum Gasteiger partial charge on any atom is 0.323 e. The van der Waals surface area contributed by atoms with Crippen molar-refractivity contribution in [2.45, 2.75) is 44.8 Å². The predicted octanol–water partition coefficient (Wildman–Crippen LogP) is 2.69. The molecule has 4 nitrogen and oxygen atoms in total. The van der Waals surface area contributed by atoms with E-state index in [1.54, 1.807) is 0 Å². The van der Waals surface area contributed by atoms with Crippen molar-refractivity contribution < 1.29 is 14.3 Å². The Morgan fingerprint density at radius 3 is 2.67 bits per heavy atom. The van der Waals surface area contributed by atoms with Crippen LogP contribution >= 0.6 is 12.4 Å². The highest BCUT2D eigenvalue weighted by Gasteiger charge is 2.31. The summed E-state index contributed by atoms with van der Waals surface area (Å²) in [5, 5.41) is 3.12. The molecule has 1 aromatic carbocycles. The molecule has 118 valence electrons. The van der Waals surface area contributed by atoms with Crippen LogP contribution in [0.1, 0.15) is 32.8 Å². The van der Waals surface area contributed by atoms with Crippen LogP contribution in [0.2, 0.25) is 0 Å². The summed E-state index contributed by atoms with van der Waals surface area (Å²) in [5.41, 5.74) is 1.34. The summed E-state index contributed by atoms with van der Waals surface area (Å²) >= 11 is 0. The van der Waals surface area contributed by atoms with E-state index < -0.39 is 0 Å². The molecule has 0 aliphatic carbocycles. The second-order valence-corrected chi connectivity index (χ2v) is 6.24. The smallest absolute Gasteiger partial charge is 0.323 e. The van der Waals surface area contributed by atoms with Crippen LogP contribution in [0.3, 0.4) is 0 Å². The Labute approximate surface area is 132 Å². The van der Waals surface area contributed by atoms with E-state index in [-0.39, 0.29) is 35.9 Å². The Morgan fingerprint density at radius 1 is 1.33 bits per heavy atom. The maximum atomic E-state index is 11.5. The van der Waals surface area contributed by atoms with Gasteiger partial charge in [0.2, 0.25) is 0 Å². The molecule has 1 aromatic rings. The third-order valence-electron chi connectivity index (χ3n) is 3.58. The molecule has 1 aliphatic rings. The van der Waals surface area contributed by atoms with Gasteiger partial charge in [-0.05, 0) is 23.1 Å². The zero-order valence-electron chi connectivity index (χ0n) is 13.0. The first-order valence-electron chi connectivity index (χ1n) is 6.98. The fraction of sp³-hybridized carbons (Fsp3) is 0.562. The van der Waals surface area contributed by atoms with Gasteiger partial charge in [0.15, 0.2) is 0 Å². The first-order chi connectivity index (χ1) is 9.40. The standard InChI is InChI=1S/C16H23NO3.ClH/c1-16(2,3)11-6-5-7-12(8-11)20-13-9-14(17-10-13)15(18)19-4;/h5-8,13-14,17H,9-10H2,1-4H3;1H/t13-,14+;/m1./s1. The SMILES string of the molecule is COC(=O)[C@@H]1C[C@@H](Oc2cccc(C(C)(C)C)c2)CN1.Cl. The molecule has 0 radical (unpaired) electrons. The first-order valence-corrected chi connectivity index (χ1v) is 6.98. The summed E-state index contributed by atoms with van der Waals surface area (Å²) in [4.78, 5) is 11.5. The summed E-state index contributed by atoms with van der Waals surface area (Å²) in [6.45, 7) is 7.20. The number of benzene rings is 1. The van der Waals surface area contributed by atoms with E-state index in [9.17, 15) is 4.79 Å². The Morgan fingerprint density at radius 2 is 2.05 bits per heavy atom. The van der Waals surface area contributed by atoms with Crippen molar-refractivity contribution in [1.29, 1.82) is 0 Å². The third-order valence-corrected chi connectivity index (χ3v) is 3.58. The molecule has 0 unspecified atom stereocenters. The first kappa shape index (κ1) is 17.8. The van der Waals surface area contributed by atoms with Crippen LogP contribution in [0, 0.1) is 0 Å². The van der Waals surface area contributed by atoms with Crippen LogP contribution in [-0.2, 0) is 14.9 Å². The van der Waals surface area contributed by atoms with E-state index in [1.807, 2.05) is 12.1 Å². The zero-order chi connectivity index (χ0) is 14.8. The van der Waals surface area contributed by atoms with Crippen molar-refractivity contribution in [2.75, 3.05) is 13.7 Å². The molecule has 2 rings (SSSR count). The van der Waals surface area contributed by atoms with Gasteiger partial charge < -0.3 is 14.8 Å². The Hall–Kier alpha value is -1.26. The van der Waals surface area contributed by atoms with E-state index in [1.165, 1.54) is 12.7 Å². The topological polar surface area (TPSA) is 47.6 Å². The lowest BCUT2D eigenvalue weighted by Crippen LogP contribution is -2.31. The molecule has 2 atom stereocenters. The molecule has 1 N–H and O–H groups in total. The molecule has 0 bridgehead atoms. The molecule has 1 aliphatic heterocycles. The molecular formula is C16H24ClNO3. The number of carbonyl (C=O) groups excluding carboxylic acids is 1. The summed E-state index contributed by atoms with van der Waals surface area (Å²) < 4.78 is 10.7. The summed E-state index contributed by atoms with van der Waals surface area (Å²) in [7, 11) is 1.41. The average Bonchev–Trinajstić information content (AvgIpc) is 2.85. The van der Waals surface area contributed by atoms with Gasteiger partial charge in [0, 0.05) is 13.0 Å². The number of nitrogens with one attached hydrogen (secondary N) is 1. The van der Waals surface area contributed by atoms with Gasteiger partial charge in [0.1, 0.15) is 17.9 Å². The molecule has 0 saturated carbocycles. The van der Waals surface area contributed by atoms with Gasteiger partial charge in [-0.1, -0.05) is 32.9 Å². The molecule has 5 heteroatoms. The molecular weight excluding hydrogens is 290 g/mol. The maximum absolute atomic E-state index is 11.5. The van der Waals surface area contributed by atoms with Crippen LogP contribution in [0.25, 0.3) is 0 Å². The highest BCUT2D eigenvalue weighted by molar-refractivity contribution is 5.85. The fourth-order valence-corrected chi connectivity index (χ4v) is 2.34. The zero-order valence-corrected chi connectivity index (χ0v) is 13.8. The van der Waals surface area contributed by atoms with Crippen molar-refractivity contribution >= 4 is 18.4 Å². The van der Waals surface area contributed by atoms with Gasteiger partial charge in [-0.3, -0.25) is 4.79 Å². The number of ether oxygens (including phenoxy) is 2. The van der Waals surface area contributed by atoms with Gasteiger partial charge in [-0.15, -0.1) is 12.4 Å². The number of halogens is 1. The number of methoxy groups -OCH3 is 1. The summed E-state index contributed by atoms with van der Waals surface area (Å²) in [6, 6.07) is 7.90. The van der Waals surface area contributed by atoms with Crippen LogP contribution in [0.4, 0.5) is 0 Å². The largest absolute Gasteiger partial charge is 0.489 e. The average molecular weight is 314 g/mol. The number of esters is 1. The molecule has 1 heterocycles. The molecule has 21 heavy (non-hydrogen) atoms. The van der Waals surface area contributed by atoms with Gasteiger partial charge in [0.05, 0.1) is 7.11 Å². The van der Waals surface area contributed by atoms with Crippen molar-refractivity contribution in [2.24, 2.45) is 0 Å². The van der Waals surface area contributed by atoms with Crippen molar-refractivity contribution in [3.05, 3.63) is 29.8 Å². The minimum Gasteiger partial charge on any atom is -0.489 e. The van der Waals surface area contributed by atoms with Gasteiger partial charge in [-0.25, -0.2) is 0 Å².